The van der Waals surface area contributed by atoms with Gasteiger partial charge in [0, 0.05) is 6.54 Å². The van der Waals surface area contributed by atoms with E-state index in [0.29, 0.717) is 11.5 Å². The maximum absolute atomic E-state index is 14.5. The van der Waals surface area contributed by atoms with Crippen molar-refractivity contribution in [3.8, 4) is 0 Å². The van der Waals surface area contributed by atoms with E-state index in [9.17, 15) is 14.0 Å². The van der Waals surface area contributed by atoms with Gasteiger partial charge in [0.05, 0.1) is 24.9 Å². The summed E-state index contributed by atoms with van der Waals surface area (Å²) in [6.45, 7) is 2.95. The molecule has 0 aromatic heterocycles. The number of fused-ring (bicyclic) bond motifs is 3. The number of halogens is 1. The number of piperidine rings is 3. The van der Waals surface area contributed by atoms with Crippen LogP contribution in [0.25, 0.3) is 0 Å². The molecule has 3 aliphatic rings. The summed E-state index contributed by atoms with van der Waals surface area (Å²) in [5, 5.41) is 0. The molecule has 0 aliphatic carbocycles. The highest BCUT2D eigenvalue weighted by Gasteiger charge is 2.37. The van der Waals surface area contributed by atoms with Gasteiger partial charge in [-0.15, -0.1) is 0 Å². The minimum absolute atomic E-state index is 0.127. The number of methoxy groups -OCH3 is 1. The van der Waals surface area contributed by atoms with Crippen LogP contribution in [0.15, 0.2) is 48.5 Å². The zero-order valence-corrected chi connectivity index (χ0v) is 16.9. The Kier molecular flexibility index (Phi) is 5.99. The predicted molar refractivity (Wildman–Crippen MR) is 110 cm³/mol. The first kappa shape index (κ1) is 20.3. The van der Waals surface area contributed by atoms with Crippen molar-refractivity contribution < 1.29 is 23.5 Å². The van der Waals surface area contributed by atoms with Gasteiger partial charge in [-0.2, -0.15) is 0 Å². The number of esters is 1. The highest BCUT2D eigenvalue weighted by molar-refractivity contribution is 5.90. The zero-order valence-electron chi connectivity index (χ0n) is 16.9. The summed E-state index contributed by atoms with van der Waals surface area (Å²) in [6, 6.07) is 12.9. The molecule has 2 bridgehead atoms. The van der Waals surface area contributed by atoms with Gasteiger partial charge in [0.25, 0.3) is 0 Å². The molecule has 1 unspecified atom stereocenters. The molecule has 3 heterocycles. The van der Waals surface area contributed by atoms with E-state index in [2.05, 4.69) is 4.90 Å². The molecule has 2 aromatic carbocycles. The van der Waals surface area contributed by atoms with Crippen molar-refractivity contribution in [2.45, 2.75) is 25.5 Å². The number of rotatable bonds is 5. The largest absolute Gasteiger partial charge is 0.465 e. The molecule has 30 heavy (non-hydrogen) atoms. The van der Waals surface area contributed by atoms with Gasteiger partial charge < -0.3 is 9.47 Å². The SMILES string of the molecule is COC(=O)c1ccc(CN(C(=O)OC2CN3CCC2CC3)c2ccccc2F)cc1. The summed E-state index contributed by atoms with van der Waals surface area (Å²) >= 11 is 0. The zero-order chi connectivity index (χ0) is 21.1. The van der Waals surface area contributed by atoms with Gasteiger partial charge in [0.2, 0.25) is 0 Å². The average molecular weight is 412 g/mol. The van der Waals surface area contributed by atoms with E-state index in [1.807, 2.05) is 0 Å². The lowest BCUT2D eigenvalue weighted by atomic mass is 9.86. The second kappa shape index (κ2) is 8.83. The van der Waals surface area contributed by atoms with E-state index in [-0.39, 0.29) is 18.3 Å². The van der Waals surface area contributed by atoms with Gasteiger partial charge in [-0.1, -0.05) is 24.3 Å². The number of nitrogens with zero attached hydrogens (tertiary/aromatic N) is 2. The molecule has 7 heteroatoms. The normalized spacial score (nSPS) is 22.4. The third-order valence-corrected chi connectivity index (χ3v) is 5.93. The molecule has 3 aliphatic heterocycles. The van der Waals surface area contributed by atoms with Crippen molar-refractivity contribution in [2.75, 3.05) is 31.6 Å². The van der Waals surface area contributed by atoms with E-state index in [4.69, 9.17) is 9.47 Å². The number of para-hydroxylation sites is 1. The lowest BCUT2D eigenvalue weighted by molar-refractivity contribution is -0.0311. The summed E-state index contributed by atoms with van der Waals surface area (Å²) in [4.78, 5) is 28.4. The summed E-state index contributed by atoms with van der Waals surface area (Å²) in [5.74, 6) is -0.565. The lowest BCUT2D eigenvalue weighted by Gasteiger charge is -2.44. The second-order valence-electron chi connectivity index (χ2n) is 7.79. The molecule has 1 atom stereocenters. The number of carbonyl (C=O) groups is 2. The highest BCUT2D eigenvalue weighted by atomic mass is 19.1. The fourth-order valence-corrected chi connectivity index (χ4v) is 4.20. The van der Waals surface area contributed by atoms with Crippen molar-refractivity contribution in [2.24, 2.45) is 5.92 Å². The Bertz CT molecular complexity index is 910. The lowest BCUT2D eigenvalue weighted by Crippen LogP contribution is -2.53. The van der Waals surface area contributed by atoms with Crippen LogP contribution in [0.4, 0.5) is 14.9 Å². The van der Waals surface area contributed by atoms with Gasteiger partial charge in [-0.3, -0.25) is 9.80 Å². The third kappa shape index (κ3) is 4.31. The molecule has 0 spiro atoms. The number of anilines is 1. The fraction of sp³-hybridized carbons (Fsp3) is 0.391. The Hall–Kier alpha value is -2.93. The Balaban J connectivity index is 1.54. The maximum atomic E-state index is 14.5. The topological polar surface area (TPSA) is 59.1 Å². The number of hydrogen-bond donors (Lipinski definition) is 0. The smallest absolute Gasteiger partial charge is 0.415 e. The van der Waals surface area contributed by atoms with Gasteiger partial charge in [0.1, 0.15) is 11.9 Å². The molecular weight excluding hydrogens is 387 g/mol. The van der Waals surface area contributed by atoms with Crippen molar-refractivity contribution in [3.63, 3.8) is 0 Å². The molecule has 3 fully saturated rings. The van der Waals surface area contributed by atoms with Gasteiger partial charge in [0.15, 0.2) is 0 Å². The monoisotopic (exact) mass is 412 g/mol. The van der Waals surface area contributed by atoms with Gasteiger partial charge in [-0.25, -0.2) is 14.0 Å². The predicted octanol–water partition coefficient (Wildman–Crippen LogP) is 3.85. The van der Waals surface area contributed by atoms with Crippen molar-refractivity contribution in [1.29, 1.82) is 0 Å². The summed E-state index contributed by atoms with van der Waals surface area (Å²) < 4.78 is 25.1. The number of ether oxygens (including phenoxy) is 2. The van der Waals surface area contributed by atoms with E-state index < -0.39 is 17.9 Å². The third-order valence-electron chi connectivity index (χ3n) is 5.93. The fourth-order valence-electron chi connectivity index (χ4n) is 4.20. The molecule has 0 N–H and O–H groups in total. The van der Waals surface area contributed by atoms with Crippen LogP contribution in [-0.2, 0) is 16.0 Å². The standard InChI is InChI=1S/C23H25FN2O4/c1-29-22(27)18-8-6-16(7-9-18)14-26(20-5-3-2-4-19(20)24)23(28)30-21-15-25-12-10-17(21)11-13-25/h2-9,17,21H,10-15H2,1H3. The highest BCUT2D eigenvalue weighted by Crippen LogP contribution is 2.31. The van der Waals surface area contributed by atoms with Crippen molar-refractivity contribution in [3.05, 3.63) is 65.5 Å². The van der Waals surface area contributed by atoms with Crippen LogP contribution in [0.2, 0.25) is 0 Å². The number of amides is 1. The molecule has 5 rings (SSSR count). The van der Waals surface area contributed by atoms with Crippen LogP contribution in [-0.4, -0.2) is 49.8 Å². The van der Waals surface area contributed by atoms with E-state index >= 15 is 0 Å². The number of benzene rings is 2. The Labute approximate surface area is 175 Å². The van der Waals surface area contributed by atoms with E-state index in [0.717, 1.165) is 38.0 Å². The first-order valence-electron chi connectivity index (χ1n) is 10.2. The van der Waals surface area contributed by atoms with Crippen molar-refractivity contribution in [1.82, 2.24) is 4.90 Å². The molecule has 1 amide bonds. The Morgan fingerprint density at radius 2 is 1.80 bits per heavy atom. The van der Waals surface area contributed by atoms with Crippen LogP contribution in [0.3, 0.4) is 0 Å². The molecular formula is C23H25FN2O4. The first-order valence-corrected chi connectivity index (χ1v) is 10.2. The van der Waals surface area contributed by atoms with Crippen LogP contribution >= 0.6 is 0 Å². The summed E-state index contributed by atoms with van der Waals surface area (Å²) in [7, 11) is 1.32. The quantitative estimate of drug-likeness (QED) is 0.699. The Morgan fingerprint density at radius 1 is 1.10 bits per heavy atom. The van der Waals surface area contributed by atoms with E-state index in [1.165, 1.54) is 18.1 Å². The minimum atomic E-state index is -0.559. The van der Waals surface area contributed by atoms with E-state index in [1.54, 1.807) is 42.5 Å². The maximum Gasteiger partial charge on any atom is 0.415 e. The molecule has 0 saturated carbocycles. The van der Waals surface area contributed by atoms with Crippen LogP contribution in [0.5, 0.6) is 0 Å². The van der Waals surface area contributed by atoms with Gasteiger partial charge >= 0.3 is 12.1 Å². The number of carbonyl (C=O) groups excluding carboxylic acids is 2. The van der Waals surface area contributed by atoms with Crippen LogP contribution in [0, 0.1) is 11.7 Å². The van der Waals surface area contributed by atoms with Crippen LogP contribution in [0.1, 0.15) is 28.8 Å². The summed E-state index contributed by atoms with van der Waals surface area (Å²) in [5.41, 5.74) is 1.33. The molecule has 0 radical (unpaired) electrons. The average Bonchev–Trinajstić information content (AvgIpc) is 2.78. The molecule has 3 saturated heterocycles. The number of hydrogen-bond acceptors (Lipinski definition) is 5. The molecule has 6 nitrogen and oxygen atoms in total. The van der Waals surface area contributed by atoms with Crippen LogP contribution < -0.4 is 4.90 Å². The summed E-state index contributed by atoms with van der Waals surface area (Å²) in [6.07, 6.45) is 1.31. The van der Waals surface area contributed by atoms with Gasteiger partial charge in [-0.05, 0) is 61.7 Å². The molecule has 158 valence electrons. The Morgan fingerprint density at radius 3 is 2.40 bits per heavy atom. The minimum Gasteiger partial charge on any atom is -0.465 e. The first-order chi connectivity index (χ1) is 14.5. The molecule has 2 aromatic rings. The van der Waals surface area contributed by atoms with Crippen molar-refractivity contribution >= 4 is 17.7 Å². The second-order valence-corrected chi connectivity index (χ2v) is 7.79.